The molecule has 0 unspecified atom stereocenters. The van der Waals surface area contributed by atoms with E-state index in [1.165, 1.54) is 0 Å². The largest absolute Gasteiger partial charge is 0.494 e. The van der Waals surface area contributed by atoms with E-state index in [1.807, 2.05) is 13.8 Å². The first-order valence-electron chi connectivity index (χ1n) is 6.48. The first-order valence-corrected chi connectivity index (χ1v) is 8.14. The Morgan fingerprint density at radius 1 is 1.32 bits per heavy atom. The normalized spacial score (nSPS) is 11.3. The average Bonchev–Trinajstić information content (AvgIpc) is 2.38. The van der Waals surface area contributed by atoms with E-state index in [0.717, 1.165) is 12.0 Å². The SMILES string of the molecule is CCCCS(=O)(=O)Nc1ccc(OCC)c(CN)c1. The van der Waals surface area contributed by atoms with Crippen molar-refractivity contribution in [3.8, 4) is 5.75 Å². The lowest BCUT2D eigenvalue weighted by Gasteiger charge is -2.12. The molecule has 1 rings (SSSR count). The van der Waals surface area contributed by atoms with Crippen LogP contribution < -0.4 is 15.2 Å². The van der Waals surface area contributed by atoms with Crippen molar-refractivity contribution >= 4 is 15.7 Å². The number of benzene rings is 1. The molecule has 108 valence electrons. The highest BCUT2D eigenvalue weighted by Crippen LogP contribution is 2.23. The molecule has 0 amide bonds. The Kier molecular flexibility index (Phi) is 6.11. The Labute approximate surface area is 115 Å². The van der Waals surface area contributed by atoms with Crippen LogP contribution in [0.1, 0.15) is 32.3 Å². The fraction of sp³-hybridized carbons (Fsp3) is 0.538. The standard InChI is InChI=1S/C13H22N2O3S/c1-3-5-8-19(16,17)15-12-6-7-13(18-4-2)11(9-12)10-14/h6-7,9,15H,3-5,8,10,14H2,1-2H3. The number of nitrogens with two attached hydrogens (primary N) is 1. The van der Waals surface area contributed by atoms with Gasteiger partial charge in [0.15, 0.2) is 0 Å². The number of hydrogen-bond donors (Lipinski definition) is 2. The molecule has 3 N–H and O–H groups in total. The van der Waals surface area contributed by atoms with Crippen LogP contribution in [0.4, 0.5) is 5.69 Å². The van der Waals surface area contributed by atoms with Gasteiger partial charge in [0.25, 0.3) is 0 Å². The third kappa shape index (κ3) is 5.08. The fourth-order valence-electron chi connectivity index (χ4n) is 1.66. The second-order valence-corrected chi connectivity index (χ2v) is 6.08. The molecule has 0 atom stereocenters. The number of sulfonamides is 1. The zero-order chi connectivity index (χ0) is 14.3. The third-order valence-corrected chi connectivity index (χ3v) is 3.99. The molecule has 0 bridgehead atoms. The van der Waals surface area contributed by atoms with Gasteiger partial charge in [-0.2, -0.15) is 0 Å². The van der Waals surface area contributed by atoms with Gasteiger partial charge in [-0.25, -0.2) is 8.42 Å². The van der Waals surface area contributed by atoms with Crippen LogP contribution in [0, 0.1) is 0 Å². The molecule has 0 aliphatic heterocycles. The molecular formula is C13H22N2O3S. The van der Waals surface area contributed by atoms with Crippen LogP contribution in [0.2, 0.25) is 0 Å². The van der Waals surface area contributed by atoms with Crippen molar-refractivity contribution in [3.63, 3.8) is 0 Å². The average molecular weight is 286 g/mol. The van der Waals surface area contributed by atoms with Crippen molar-refractivity contribution < 1.29 is 13.2 Å². The molecule has 0 spiro atoms. The smallest absolute Gasteiger partial charge is 0.232 e. The maximum absolute atomic E-state index is 11.8. The highest BCUT2D eigenvalue weighted by molar-refractivity contribution is 7.92. The van der Waals surface area contributed by atoms with Gasteiger partial charge in [0.2, 0.25) is 10.0 Å². The minimum atomic E-state index is -3.28. The number of unbranched alkanes of at least 4 members (excludes halogenated alkanes) is 1. The summed E-state index contributed by atoms with van der Waals surface area (Å²) in [5, 5.41) is 0. The highest BCUT2D eigenvalue weighted by atomic mass is 32.2. The minimum absolute atomic E-state index is 0.134. The van der Waals surface area contributed by atoms with E-state index in [2.05, 4.69) is 4.72 Å². The number of anilines is 1. The molecule has 0 radical (unpaired) electrons. The molecule has 19 heavy (non-hydrogen) atoms. The van der Waals surface area contributed by atoms with Crippen LogP contribution in [0.15, 0.2) is 18.2 Å². The van der Waals surface area contributed by atoms with E-state index >= 15 is 0 Å². The monoisotopic (exact) mass is 286 g/mol. The lowest BCUT2D eigenvalue weighted by atomic mass is 10.2. The molecule has 1 aromatic carbocycles. The van der Waals surface area contributed by atoms with E-state index < -0.39 is 10.0 Å². The number of rotatable bonds is 8. The van der Waals surface area contributed by atoms with Gasteiger partial charge in [-0.15, -0.1) is 0 Å². The highest BCUT2D eigenvalue weighted by Gasteiger charge is 2.11. The number of ether oxygens (including phenoxy) is 1. The molecule has 0 aliphatic rings. The van der Waals surface area contributed by atoms with Crippen LogP contribution >= 0.6 is 0 Å². The van der Waals surface area contributed by atoms with Crippen LogP contribution in [-0.2, 0) is 16.6 Å². The predicted molar refractivity (Wildman–Crippen MR) is 77.8 cm³/mol. The predicted octanol–water partition coefficient (Wildman–Crippen LogP) is 2.09. The second-order valence-electron chi connectivity index (χ2n) is 4.23. The minimum Gasteiger partial charge on any atom is -0.494 e. The first-order chi connectivity index (χ1) is 9.02. The molecule has 0 saturated carbocycles. The molecule has 0 aliphatic carbocycles. The summed E-state index contributed by atoms with van der Waals surface area (Å²) in [6.07, 6.45) is 1.49. The Hall–Kier alpha value is -1.27. The molecule has 0 aromatic heterocycles. The van der Waals surface area contributed by atoms with Crippen molar-refractivity contribution in [2.24, 2.45) is 5.73 Å². The summed E-state index contributed by atoms with van der Waals surface area (Å²) in [6.45, 7) is 4.70. The van der Waals surface area contributed by atoms with E-state index in [0.29, 0.717) is 31.0 Å². The van der Waals surface area contributed by atoms with Gasteiger partial charge in [0.1, 0.15) is 5.75 Å². The van der Waals surface area contributed by atoms with Crippen molar-refractivity contribution in [2.45, 2.75) is 33.2 Å². The number of hydrogen-bond acceptors (Lipinski definition) is 4. The van der Waals surface area contributed by atoms with Crippen molar-refractivity contribution in [1.29, 1.82) is 0 Å². The molecular weight excluding hydrogens is 264 g/mol. The van der Waals surface area contributed by atoms with Gasteiger partial charge in [0, 0.05) is 17.8 Å². The van der Waals surface area contributed by atoms with E-state index in [9.17, 15) is 8.42 Å². The molecule has 0 saturated heterocycles. The van der Waals surface area contributed by atoms with Crippen LogP contribution in [-0.4, -0.2) is 20.8 Å². The van der Waals surface area contributed by atoms with Crippen LogP contribution in [0.25, 0.3) is 0 Å². The van der Waals surface area contributed by atoms with Crippen molar-refractivity contribution in [3.05, 3.63) is 23.8 Å². The van der Waals surface area contributed by atoms with E-state index in [1.54, 1.807) is 18.2 Å². The summed E-state index contributed by atoms with van der Waals surface area (Å²) in [6, 6.07) is 5.14. The van der Waals surface area contributed by atoms with E-state index in [4.69, 9.17) is 10.5 Å². The summed E-state index contributed by atoms with van der Waals surface area (Å²) in [5.41, 5.74) is 6.95. The zero-order valence-electron chi connectivity index (χ0n) is 11.5. The summed E-state index contributed by atoms with van der Waals surface area (Å²) < 4.78 is 31.6. The van der Waals surface area contributed by atoms with Crippen molar-refractivity contribution in [2.75, 3.05) is 17.1 Å². The molecule has 0 heterocycles. The second kappa shape index (κ2) is 7.35. The quantitative estimate of drug-likeness (QED) is 0.766. The zero-order valence-corrected chi connectivity index (χ0v) is 12.3. The Balaban J connectivity index is 2.85. The summed E-state index contributed by atoms with van der Waals surface area (Å²) in [4.78, 5) is 0. The lowest BCUT2D eigenvalue weighted by molar-refractivity contribution is 0.336. The van der Waals surface area contributed by atoms with Crippen LogP contribution in [0.3, 0.4) is 0 Å². The summed E-state index contributed by atoms with van der Waals surface area (Å²) >= 11 is 0. The van der Waals surface area contributed by atoms with Gasteiger partial charge in [0.05, 0.1) is 12.4 Å². The fourth-order valence-corrected chi connectivity index (χ4v) is 2.92. The van der Waals surface area contributed by atoms with E-state index in [-0.39, 0.29) is 5.75 Å². The van der Waals surface area contributed by atoms with Gasteiger partial charge in [-0.05, 0) is 31.5 Å². The Morgan fingerprint density at radius 3 is 2.63 bits per heavy atom. The maximum atomic E-state index is 11.8. The van der Waals surface area contributed by atoms with Gasteiger partial charge >= 0.3 is 0 Å². The molecule has 5 nitrogen and oxygen atoms in total. The molecule has 1 aromatic rings. The van der Waals surface area contributed by atoms with Gasteiger partial charge in [-0.1, -0.05) is 13.3 Å². The third-order valence-electron chi connectivity index (χ3n) is 2.62. The summed E-state index contributed by atoms with van der Waals surface area (Å²) in [7, 11) is -3.28. The number of nitrogens with one attached hydrogen (secondary N) is 1. The van der Waals surface area contributed by atoms with Crippen molar-refractivity contribution in [1.82, 2.24) is 0 Å². The molecule has 6 heteroatoms. The Morgan fingerprint density at radius 2 is 2.05 bits per heavy atom. The summed E-state index contributed by atoms with van der Waals surface area (Å²) in [5.74, 6) is 0.829. The van der Waals surface area contributed by atoms with Gasteiger partial charge < -0.3 is 10.5 Å². The van der Waals surface area contributed by atoms with Crippen LogP contribution in [0.5, 0.6) is 5.75 Å². The topological polar surface area (TPSA) is 81.4 Å². The first kappa shape index (κ1) is 15.8. The molecule has 0 fully saturated rings. The van der Waals surface area contributed by atoms with Gasteiger partial charge in [-0.3, -0.25) is 4.72 Å². The maximum Gasteiger partial charge on any atom is 0.232 e. The Bertz CT molecular complexity index is 501. The lowest BCUT2D eigenvalue weighted by Crippen LogP contribution is -2.17.